The first-order valence-electron chi connectivity index (χ1n) is 6.85. The molecule has 0 fully saturated rings. The van der Waals surface area contributed by atoms with Crippen LogP contribution in [0.4, 0.5) is 0 Å². The Bertz CT molecular complexity index is 684. The Morgan fingerprint density at radius 2 is 2.00 bits per heavy atom. The third-order valence-corrected chi connectivity index (χ3v) is 3.40. The van der Waals surface area contributed by atoms with E-state index in [9.17, 15) is 4.79 Å². The molecule has 0 unspecified atom stereocenters. The number of hydrogen-bond donors (Lipinski definition) is 0. The summed E-state index contributed by atoms with van der Waals surface area (Å²) in [5.74, 6) is 1.51. The molecule has 1 aliphatic rings. The molecule has 1 aliphatic heterocycles. The maximum absolute atomic E-state index is 10.7. The van der Waals surface area contributed by atoms with Crippen LogP contribution in [-0.4, -0.2) is 12.9 Å². The maximum atomic E-state index is 10.7. The van der Waals surface area contributed by atoms with E-state index in [1.54, 1.807) is 0 Å². The van der Waals surface area contributed by atoms with Gasteiger partial charge in [-0.25, -0.2) is 0 Å². The minimum Gasteiger partial charge on any atom is -0.489 e. The molecule has 0 aromatic heterocycles. The van der Waals surface area contributed by atoms with Gasteiger partial charge in [-0.3, -0.25) is 4.79 Å². The van der Waals surface area contributed by atoms with E-state index in [1.807, 2.05) is 24.3 Å². The van der Waals surface area contributed by atoms with Crippen molar-refractivity contribution in [1.82, 2.24) is 0 Å². The lowest BCUT2D eigenvalue weighted by Crippen LogP contribution is -2.08. The number of carbonyl (C=O) groups excluding carboxylic acids is 1. The number of benzene rings is 2. The van der Waals surface area contributed by atoms with Gasteiger partial charge in [-0.1, -0.05) is 29.8 Å². The molecule has 106 valence electrons. The lowest BCUT2D eigenvalue weighted by atomic mass is 10.1. The highest BCUT2D eigenvalue weighted by molar-refractivity contribution is 5.84. The summed E-state index contributed by atoms with van der Waals surface area (Å²) >= 11 is 0. The molecule has 2 aromatic carbocycles. The molecule has 0 N–H and O–H groups in total. The first-order chi connectivity index (χ1) is 10.2. The summed E-state index contributed by atoms with van der Waals surface area (Å²) in [6.07, 6.45) is 2.67. The highest BCUT2D eigenvalue weighted by Gasteiger charge is 2.11. The molecule has 1 heterocycles. The van der Waals surface area contributed by atoms with Gasteiger partial charge < -0.3 is 9.47 Å². The monoisotopic (exact) mass is 280 g/mol. The third-order valence-electron chi connectivity index (χ3n) is 3.40. The number of ether oxygens (including phenoxy) is 2. The predicted molar refractivity (Wildman–Crippen MR) is 81.5 cm³/mol. The van der Waals surface area contributed by atoms with E-state index in [0.717, 1.165) is 28.9 Å². The van der Waals surface area contributed by atoms with Crippen molar-refractivity contribution in [2.45, 2.75) is 13.5 Å². The molecular formula is C18H16O3. The van der Waals surface area contributed by atoms with Gasteiger partial charge in [0.1, 0.15) is 31.0 Å². The fraction of sp³-hybridized carbons (Fsp3) is 0.167. The number of fused-ring (bicyclic) bond motifs is 1. The summed E-state index contributed by atoms with van der Waals surface area (Å²) in [5.41, 5.74) is 3.92. The molecule has 0 amide bonds. The molecule has 0 atom stereocenters. The van der Waals surface area contributed by atoms with Crippen molar-refractivity contribution in [3.8, 4) is 11.5 Å². The summed E-state index contributed by atoms with van der Waals surface area (Å²) in [4.78, 5) is 10.7. The van der Waals surface area contributed by atoms with Crippen LogP contribution in [0.15, 0.2) is 48.0 Å². The molecule has 0 bridgehead atoms. The topological polar surface area (TPSA) is 35.5 Å². The van der Waals surface area contributed by atoms with Gasteiger partial charge >= 0.3 is 0 Å². The van der Waals surface area contributed by atoms with E-state index >= 15 is 0 Å². The van der Waals surface area contributed by atoms with Crippen molar-refractivity contribution in [2.75, 3.05) is 6.61 Å². The SMILES string of the molecule is Cc1ccc(COc2ccc3c(c2)OCC(C=O)=C3)cc1. The van der Waals surface area contributed by atoms with Crippen LogP contribution in [0, 0.1) is 6.92 Å². The molecule has 0 saturated heterocycles. The van der Waals surface area contributed by atoms with Crippen LogP contribution >= 0.6 is 0 Å². The standard InChI is InChI=1S/C18H16O3/c1-13-2-4-14(5-3-13)11-20-17-7-6-16-8-15(10-19)12-21-18(16)9-17/h2-10H,11-12H2,1H3. The van der Waals surface area contributed by atoms with Gasteiger partial charge in [-0.2, -0.15) is 0 Å². The van der Waals surface area contributed by atoms with E-state index in [0.29, 0.717) is 18.8 Å². The quantitative estimate of drug-likeness (QED) is 0.803. The highest BCUT2D eigenvalue weighted by Crippen LogP contribution is 2.30. The molecule has 0 spiro atoms. The van der Waals surface area contributed by atoms with Crippen LogP contribution in [-0.2, 0) is 11.4 Å². The van der Waals surface area contributed by atoms with Crippen LogP contribution in [0.5, 0.6) is 11.5 Å². The Kier molecular flexibility index (Phi) is 3.73. The summed E-state index contributed by atoms with van der Waals surface area (Å²) in [6, 6.07) is 13.9. The highest BCUT2D eigenvalue weighted by atomic mass is 16.5. The smallest absolute Gasteiger partial charge is 0.149 e. The summed E-state index contributed by atoms with van der Waals surface area (Å²) in [7, 11) is 0. The van der Waals surface area contributed by atoms with Crippen molar-refractivity contribution in [3.05, 3.63) is 64.7 Å². The number of aryl methyl sites for hydroxylation is 1. The molecule has 3 rings (SSSR count). The average Bonchev–Trinajstić information content (AvgIpc) is 2.53. The molecule has 0 saturated carbocycles. The van der Waals surface area contributed by atoms with Crippen LogP contribution < -0.4 is 9.47 Å². The van der Waals surface area contributed by atoms with E-state index in [1.165, 1.54) is 5.56 Å². The van der Waals surface area contributed by atoms with Crippen LogP contribution in [0.3, 0.4) is 0 Å². The van der Waals surface area contributed by atoms with Crippen LogP contribution in [0.1, 0.15) is 16.7 Å². The Labute approximate surface area is 123 Å². The fourth-order valence-electron chi connectivity index (χ4n) is 2.17. The molecule has 3 nitrogen and oxygen atoms in total. The predicted octanol–water partition coefficient (Wildman–Crippen LogP) is 3.55. The van der Waals surface area contributed by atoms with Gasteiger partial charge in [0.25, 0.3) is 0 Å². The Balaban J connectivity index is 1.71. The minimum absolute atomic E-state index is 0.317. The molecule has 0 radical (unpaired) electrons. The van der Waals surface area contributed by atoms with Crippen molar-refractivity contribution >= 4 is 12.4 Å². The van der Waals surface area contributed by atoms with Crippen molar-refractivity contribution in [2.24, 2.45) is 0 Å². The van der Waals surface area contributed by atoms with Gasteiger partial charge in [0.15, 0.2) is 0 Å². The van der Waals surface area contributed by atoms with Crippen LogP contribution in [0.2, 0.25) is 0 Å². The van der Waals surface area contributed by atoms with E-state index < -0.39 is 0 Å². The molecule has 0 aliphatic carbocycles. The first kappa shape index (κ1) is 13.4. The molecule has 2 aromatic rings. The zero-order valence-corrected chi connectivity index (χ0v) is 11.8. The first-order valence-corrected chi connectivity index (χ1v) is 6.85. The molecular weight excluding hydrogens is 264 g/mol. The van der Waals surface area contributed by atoms with Crippen molar-refractivity contribution in [3.63, 3.8) is 0 Å². The summed E-state index contributed by atoms with van der Waals surface area (Å²) < 4.78 is 11.3. The average molecular weight is 280 g/mol. The van der Waals surface area contributed by atoms with Crippen molar-refractivity contribution in [1.29, 1.82) is 0 Å². The van der Waals surface area contributed by atoms with Gasteiger partial charge in [-0.15, -0.1) is 0 Å². The second kappa shape index (κ2) is 5.83. The zero-order valence-electron chi connectivity index (χ0n) is 11.8. The van der Waals surface area contributed by atoms with Crippen molar-refractivity contribution < 1.29 is 14.3 Å². The van der Waals surface area contributed by atoms with E-state index in [-0.39, 0.29) is 0 Å². The van der Waals surface area contributed by atoms with Gasteiger partial charge in [-0.05, 0) is 30.7 Å². The third kappa shape index (κ3) is 3.14. The number of aldehydes is 1. The van der Waals surface area contributed by atoms with E-state index in [4.69, 9.17) is 9.47 Å². The largest absolute Gasteiger partial charge is 0.489 e. The summed E-state index contributed by atoms with van der Waals surface area (Å²) in [5, 5.41) is 0. The lowest BCUT2D eigenvalue weighted by molar-refractivity contribution is -0.105. The fourth-order valence-corrected chi connectivity index (χ4v) is 2.17. The van der Waals surface area contributed by atoms with E-state index in [2.05, 4.69) is 31.2 Å². The number of rotatable bonds is 4. The Hall–Kier alpha value is -2.55. The van der Waals surface area contributed by atoms with Gasteiger partial charge in [0, 0.05) is 17.2 Å². The number of carbonyl (C=O) groups is 1. The second-order valence-corrected chi connectivity index (χ2v) is 5.10. The second-order valence-electron chi connectivity index (χ2n) is 5.10. The number of hydrogen-bond acceptors (Lipinski definition) is 3. The Morgan fingerprint density at radius 3 is 2.76 bits per heavy atom. The minimum atomic E-state index is 0.317. The molecule has 21 heavy (non-hydrogen) atoms. The molecule has 3 heteroatoms. The van der Waals surface area contributed by atoms with Crippen LogP contribution in [0.25, 0.3) is 6.08 Å². The maximum Gasteiger partial charge on any atom is 0.149 e. The zero-order chi connectivity index (χ0) is 14.7. The van der Waals surface area contributed by atoms with Gasteiger partial charge in [0.2, 0.25) is 0 Å². The Morgan fingerprint density at radius 1 is 1.19 bits per heavy atom. The summed E-state index contributed by atoms with van der Waals surface area (Å²) in [6.45, 7) is 2.90. The normalized spacial score (nSPS) is 12.9. The lowest BCUT2D eigenvalue weighted by Gasteiger charge is -2.16. The van der Waals surface area contributed by atoms with Gasteiger partial charge in [0.05, 0.1) is 0 Å².